The maximum absolute atomic E-state index is 11.6. The molecule has 0 spiro atoms. The average Bonchev–Trinajstić information content (AvgIpc) is 2.68. The van der Waals surface area contributed by atoms with Crippen molar-refractivity contribution in [3.8, 4) is 0 Å². The van der Waals surface area contributed by atoms with E-state index in [1.54, 1.807) is 11.3 Å². The largest absolute Gasteiger partial charge is 0.278 e. The van der Waals surface area contributed by atoms with Gasteiger partial charge in [-0.05, 0) is 11.4 Å². The second-order valence-electron chi connectivity index (χ2n) is 4.47. The minimum Gasteiger partial charge on any atom is -0.201 e. The molecule has 0 unspecified atom stereocenters. The first kappa shape index (κ1) is 13.6. The number of hydrogen-bond donors (Lipinski definition) is 1. The van der Waals surface area contributed by atoms with Gasteiger partial charge in [0.1, 0.15) is 0 Å². The van der Waals surface area contributed by atoms with Gasteiger partial charge in [0.25, 0.3) is 10.2 Å². The molecule has 0 saturated carbocycles. The van der Waals surface area contributed by atoms with Crippen LogP contribution in [0, 0.1) is 0 Å². The molecule has 1 aromatic rings. The minimum absolute atomic E-state index is 0.183. The number of rotatable bonds is 5. The number of thiophene rings is 1. The van der Waals surface area contributed by atoms with E-state index in [4.69, 9.17) is 0 Å². The molecule has 1 aromatic heterocycles. The first-order chi connectivity index (χ1) is 7.26. The van der Waals surface area contributed by atoms with Crippen molar-refractivity contribution in [2.24, 2.45) is 0 Å². The highest BCUT2D eigenvalue weighted by Gasteiger charge is 2.24. The lowest BCUT2D eigenvalue weighted by Crippen LogP contribution is -2.42. The van der Waals surface area contributed by atoms with E-state index in [0.717, 1.165) is 0 Å². The topological polar surface area (TPSA) is 49.4 Å². The zero-order chi connectivity index (χ0) is 12.4. The second kappa shape index (κ2) is 4.83. The lowest BCUT2D eigenvalue weighted by molar-refractivity contribution is 0.473. The van der Waals surface area contributed by atoms with Gasteiger partial charge in [0.05, 0.1) is 0 Å². The van der Waals surface area contributed by atoms with E-state index in [1.807, 2.05) is 31.4 Å². The first-order valence-electron chi connectivity index (χ1n) is 4.97. The molecule has 6 heteroatoms. The molecule has 0 radical (unpaired) electrons. The molecule has 0 aliphatic rings. The Morgan fingerprint density at radius 1 is 1.44 bits per heavy atom. The summed E-state index contributed by atoms with van der Waals surface area (Å²) in [4.78, 5) is 1.17. The highest BCUT2D eigenvalue weighted by Crippen LogP contribution is 2.26. The monoisotopic (exact) mass is 262 g/mol. The Bertz CT molecular complexity index is 422. The Kier molecular flexibility index (Phi) is 4.12. The van der Waals surface area contributed by atoms with Crippen molar-refractivity contribution in [1.82, 2.24) is 9.03 Å². The van der Waals surface area contributed by atoms with Gasteiger partial charge in [0.15, 0.2) is 0 Å². The van der Waals surface area contributed by atoms with Crippen LogP contribution in [0.4, 0.5) is 0 Å². The molecule has 16 heavy (non-hydrogen) atoms. The van der Waals surface area contributed by atoms with Gasteiger partial charge in [-0.1, -0.05) is 19.9 Å². The summed E-state index contributed by atoms with van der Waals surface area (Å²) in [6, 6.07) is 4.00. The molecule has 0 fully saturated rings. The number of nitrogens with one attached hydrogen (secondary N) is 1. The van der Waals surface area contributed by atoms with E-state index in [-0.39, 0.29) is 5.41 Å². The molecule has 0 amide bonds. The van der Waals surface area contributed by atoms with Gasteiger partial charge >= 0.3 is 0 Å². The molecule has 0 aromatic carbocycles. The third-order valence-electron chi connectivity index (χ3n) is 2.37. The molecule has 1 rings (SSSR count). The summed E-state index contributed by atoms with van der Waals surface area (Å²) in [7, 11) is -0.306. The summed E-state index contributed by atoms with van der Waals surface area (Å²) < 4.78 is 26.9. The lowest BCUT2D eigenvalue weighted by Gasteiger charge is -2.24. The van der Waals surface area contributed by atoms with Crippen molar-refractivity contribution in [2.75, 3.05) is 20.6 Å². The molecule has 1 heterocycles. The summed E-state index contributed by atoms with van der Waals surface area (Å²) in [6.45, 7) is 4.45. The standard InChI is InChI=1S/C10H18N2O2S2/c1-10(2,9-6-5-7-15-9)8-11-16(13,14)12(3)4/h5-7,11H,8H2,1-4H3. The van der Waals surface area contributed by atoms with Gasteiger partial charge in [-0.15, -0.1) is 11.3 Å². The number of hydrogen-bond acceptors (Lipinski definition) is 3. The zero-order valence-electron chi connectivity index (χ0n) is 10.0. The Balaban J connectivity index is 2.69. The van der Waals surface area contributed by atoms with Crippen LogP contribution in [0.15, 0.2) is 17.5 Å². The highest BCUT2D eigenvalue weighted by atomic mass is 32.2. The van der Waals surface area contributed by atoms with Crippen LogP contribution in [-0.2, 0) is 15.6 Å². The summed E-state index contributed by atoms with van der Waals surface area (Å²) in [5, 5.41) is 2.00. The van der Waals surface area contributed by atoms with Crippen LogP contribution in [-0.4, -0.2) is 33.4 Å². The fourth-order valence-corrected chi connectivity index (χ4v) is 2.81. The molecule has 0 atom stereocenters. The Hall–Kier alpha value is -0.430. The van der Waals surface area contributed by atoms with Crippen LogP contribution in [0.5, 0.6) is 0 Å². The molecule has 92 valence electrons. The smallest absolute Gasteiger partial charge is 0.201 e. The summed E-state index contributed by atoms with van der Waals surface area (Å²) >= 11 is 1.64. The Morgan fingerprint density at radius 2 is 2.06 bits per heavy atom. The molecular weight excluding hydrogens is 244 g/mol. The lowest BCUT2D eigenvalue weighted by atomic mass is 9.92. The molecule has 0 bridgehead atoms. The predicted octanol–water partition coefficient (Wildman–Crippen LogP) is 1.42. The normalized spacial score (nSPS) is 13.3. The molecular formula is C10H18N2O2S2. The van der Waals surface area contributed by atoms with E-state index in [9.17, 15) is 8.42 Å². The SMILES string of the molecule is CN(C)S(=O)(=O)NCC(C)(C)c1cccs1. The maximum atomic E-state index is 11.6. The van der Waals surface area contributed by atoms with E-state index in [2.05, 4.69) is 4.72 Å². The van der Waals surface area contributed by atoms with Crippen molar-refractivity contribution < 1.29 is 8.42 Å². The highest BCUT2D eigenvalue weighted by molar-refractivity contribution is 7.87. The minimum atomic E-state index is -3.33. The molecule has 0 saturated heterocycles. The van der Waals surface area contributed by atoms with Crippen molar-refractivity contribution in [1.29, 1.82) is 0 Å². The van der Waals surface area contributed by atoms with Crippen LogP contribution < -0.4 is 4.72 Å². The maximum Gasteiger partial charge on any atom is 0.278 e. The quantitative estimate of drug-likeness (QED) is 0.872. The fourth-order valence-electron chi connectivity index (χ4n) is 1.15. The van der Waals surface area contributed by atoms with E-state index < -0.39 is 10.2 Å². The van der Waals surface area contributed by atoms with Gasteiger partial charge < -0.3 is 0 Å². The summed E-state index contributed by atoms with van der Waals surface area (Å²) in [6.07, 6.45) is 0. The van der Waals surface area contributed by atoms with E-state index in [0.29, 0.717) is 6.54 Å². The van der Waals surface area contributed by atoms with Crippen molar-refractivity contribution in [3.05, 3.63) is 22.4 Å². The summed E-state index contributed by atoms with van der Waals surface area (Å²) in [5.74, 6) is 0. The van der Waals surface area contributed by atoms with Crippen molar-refractivity contribution >= 4 is 21.5 Å². The number of nitrogens with zero attached hydrogens (tertiary/aromatic N) is 1. The van der Waals surface area contributed by atoms with Crippen LogP contribution in [0.2, 0.25) is 0 Å². The van der Waals surface area contributed by atoms with Crippen LogP contribution in [0.1, 0.15) is 18.7 Å². The second-order valence-corrected chi connectivity index (χ2v) is 7.39. The van der Waals surface area contributed by atoms with Gasteiger partial charge in [0, 0.05) is 30.9 Å². The molecule has 0 aliphatic heterocycles. The van der Waals surface area contributed by atoms with Gasteiger partial charge in [-0.3, -0.25) is 0 Å². The van der Waals surface area contributed by atoms with Crippen LogP contribution >= 0.6 is 11.3 Å². The first-order valence-corrected chi connectivity index (χ1v) is 7.29. The molecule has 0 aliphatic carbocycles. The van der Waals surface area contributed by atoms with Gasteiger partial charge in [-0.25, -0.2) is 4.72 Å². The molecule has 1 N–H and O–H groups in total. The van der Waals surface area contributed by atoms with Crippen molar-refractivity contribution in [2.45, 2.75) is 19.3 Å². The fraction of sp³-hybridized carbons (Fsp3) is 0.600. The van der Waals surface area contributed by atoms with E-state index in [1.165, 1.54) is 23.3 Å². The van der Waals surface area contributed by atoms with Crippen LogP contribution in [0.25, 0.3) is 0 Å². The third-order valence-corrected chi connectivity index (χ3v) is 5.07. The van der Waals surface area contributed by atoms with Crippen LogP contribution in [0.3, 0.4) is 0 Å². The summed E-state index contributed by atoms with van der Waals surface area (Å²) in [5.41, 5.74) is -0.183. The Morgan fingerprint density at radius 3 is 2.50 bits per heavy atom. The predicted molar refractivity (Wildman–Crippen MR) is 68.0 cm³/mol. The van der Waals surface area contributed by atoms with Gasteiger partial charge in [-0.2, -0.15) is 12.7 Å². The molecule has 4 nitrogen and oxygen atoms in total. The third kappa shape index (κ3) is 3.28. The average molecular weight is 262 g/mol. The van der Waals surface area contributed by atoms with Crippen molar-refractivity contribution in [3.63, 3.8) is 0 Å². The zero-order valence-corrected chi connectivity index (χ0v) is 11.7. The van der Waals surface area contributed by atoms with E-state index >= 15 is 0 Å². The van der Waals surface area contributed by atoms with Gasteiger partial charge in [0.2, 0.25) is 0 Å². The Labute approximate surface area is 101 Å².